The van der Waals surface area contributed by atoms with E-state index in [4.69, 9.17) is 21.1 Å². The van der Waals surface area contributed by atoms with Crippen LogP contribution in [0.5, 0.6) is 11.5 Å². The first-order valence-corrected chi connectivity index (χ1v) is 9.76. The first-order valence-electron chi connectivity index (χ1n) is 9.38. The first kappa shape index (κ1) is 19.5. The van der Waals surface area contributed by atoms with Crippen LogP contribution in [0.2, 0.25) is 5.02 Å². The third-order valence-corrected chi connectivity index (χ3v) is 5.41. The quantitative estimate of drug-likeness (QED) is 0.587. The fourth-order valence-electron chi connectivity index (χ4n) is 3.78. The highest BCUT2D eigenvalue weighted by atomic mass is 35.5. The Hall–Kier alpha value is -2.84. The predicted molar refractivity (Wildman–Crippen MR) is 108 cm³/mol. The number of amides is 1. The average molecular weight is 418 g/mol. The third-order valence-electron chi connectivity index (χ3n) is 5.09. The molecule has 0 saturated carbocycles. The Labute approximate surface area is 172 Å². The minimum Gasteiger partial charge on any atom is -0.486 e. The van der Waals surface area contributed by atoms with E-state index in [9.17, 15) is 14.9 Å². The van der Waals surface area contributed by atoms with Gasteiger partial charge in [0.2, 0.25) is 5.91 Å². The maximum atomic E-state index is 12.5. The summed E-state index contributed by atoms with van der Waals surface area (Å²) in [6, 6.07) is 10.2. The lowest BCUT2D eigenvalue weighted by molar-refractivity contribution is -0.384. The van der Waals surface area contributed by atoms with Crippen molar-refractivity contribution in [2.45, 2.75) is 18.9 Å². The molecule has 8 nitrogen and oxygen atoms in total. The van der Waals surface area contributed by atoms with Gasteiger partial charge in [-0.25, -0.2) is 0 Å². The van der Waals surface area contributed by atoms with Gasteiger partial charge in [-0.3, -0.25) is 19.8 Å². The number of anilines is 1. The lowest BCUT2D eigenvalue weighted by Gasteiger charge is -2.26. The summed E-state index contributed by atoms with van der Waals surface area (Å²) in [6.07, 6.45) is 1.93. The van der Waals surface area contributed by atoms with Gasteiger partial charge in [0.1, 0.15) is 18.2 Å². The third kappa shape index (κ3) is 4.28. The van der Waals surface area contributed by atoms with Crippen LogP contribution < -0.4 is 14.8 Å². The number of benzene rings is 2. The standard InChI is InChI=1S/C20H20ClN3O5/c21-15-5-4-14(11-17(15)24(26)27)22-20(25)12-23-7-1-2-16(23)13-3-6-18-19(10-13)29-9-8-28-18/h3-6,10-11,16H,1-2,7-9,12H2,(H,22,25). The van der Waals surface area contributed by atoms with Crippen LogP contribution in [0.15, 0.2) is 36.4 Å². The molecule has 4 rings (SSSR count). The normalized spacial score (nSPS) is 18.4. The topological polar surface area (TPSA) is 93.9 Å². The lowest BCUT2D eigenvalue weighted by Crippen LogP contribution is -2.33. The maximum Gasteiger partial charge on any atom is 0.289 e. The van der Waals surface area contributed by atoms with Gasteiger partial charge in [-0.15, -0.1) is 0 Å². The van der Waals surface area contributed by atoms with E-state index in [-0.39, 0.29) is 29.2 Å². The second kappa shape index (κ2) is 8.26. The van der Waals surface area contributed by atoms with Crippen LogP contribution in [0.1, 0.15) is 24.4 Å². The van der Waals surface area contributed by atoms with Crippen molar-refractivity contribution < 1.29 is 19.2 Å². The van der Waals surface area contributed by atoms with Crippen LogP contribution in [0, 0.1) is 10.1 Å². The van der Waals surface area contributed by atoms with E-state index < -0.39 is 4.92 Å². The molecule has 1 amide bonds. The molecular formula is C20H20ClN3O5. The number of nitro benzene ring substituents is 1. The van der Waals surface area contributed by atoms with E-state index in [0.29, 0.717) is 18.9 Å². The zero-order chi connectivity index (χ0) is 20.4. The Morgan fingerprint density at radius 3 is 2.79 bits per heavy atom. The van der Waals surface area contributed by atoms with Crippen molar-refractivity contribution >= 4 is 28.9 Å². The molecule has 1 saturated heterocycles. The van der Waals surface area contributed by atoms with Crippen molar-refractivity contribution in [3.05, 3.63) is 57.1 Å². The highest BCUT2D eigenvalue weighted by Gasteiger charge is 2.29. The molecule has 2 aromatic rings. The number of ether oxygens (including phenoxy) is 2. The molecule has 9 heteroatoms. The minimum atomic E-state index is -0.573. The number of fused-ring (bicyclic) bond motifs is 1. The molecule has 29 heavy (non-hydrogen) atoms. The van der Waals surface area contributed by atoms with Crippen LogP contribution in [0.3, 0.4) is 0 Å². The number of carbonyl (C=O) groups is 1. The monoisotopic (exact) mass is 417 g/mol. The summed E-state index contributed by atoms with van der Waals surface area (Å²) in [7, 11) is 0. The van der Waals surface area contributed by atoms with Gasteiger partial charge in [-0.2, -0.15) is 0 Å². The number of nitrogens with zero attached hydrogens (tertiary/aromatic N) is 2. The number of nitrogens with one attached hydrogen (secondary N) is 1. The Morgan fingerprint density at radius 1 is 1.21 bits per heavy atom. The van der Waals surface area contributed by atoms with E-state index in [1.165, 1.54) is 12.1 Å². The highest BCUT2D eigenvalue weighted by Crippen LogP contribution is 2.38. The fraction of sp³-hybridized carbons (Fsp3) is 0.350. The highest BCUT2D eigenvalue weighted by molar-refractivity contribution is 6.32. The molecule has 2 aliphatic rings. The van der Waals surface area contributed by atoms with E-state index in [1.54, 1.807) is 6.07 Å². The summed E-state index contributed by atoms with van der Waals surface area (Å²) in [5, 5.41) is 13.8. The Morgan fingerprint density at radius 2 is 2.00 bits per heavy atom. The molecule has 1 N–H and O–H groups in total. The largest absolute Gasteiger partial charge is 0.486 e. The van der Waals surface area contributed by atoms with E-state index in [2.05, 4.69) is 10.2 Å². The molecule has 0 radical (unpaired) electrons. The molecule has 2 aliphatic heterocycles. The molecule has 1 fully saturated rings. The molecule has 1 atom stereocenters. The van der Waals surface area contributed by atoms with Gasteiger partial charge < -0.3 is 14.8 Å². The summed E-state index contributed by atoms with van der Waals surface area (Å²) in [4.78, 5) is 25.1. The number of halogens is 1. The van der Waals surface area contributed by atoms with Gasteiger partial charge in [0.05, 0.1) is 11.5 Å². The zero-order valence-corrected chi connectivity index (χ0v) is 16.4. The van der Waals surface area contributed by atoms with Crippen molar-refractivity contribution in [3.8, 4) is 11.5 Å². The van der Waals surface area contributed by atoms with Crippen molar-refractivity contribution in [1.29, 1.82) is 0 Å². The van der Waals surface area contributed by atoms with Crippen molar-refractivity contribution in [3.63, 3.8) is 0 Å². The zero-order valence-electron chi connectivity index (χ0n) is 15.6. The summed E-state index contributed by atoms with van der Waals surface area (Å²) < 4.78 is 11.2. The number of hydrogen-bond acceptors (Lipinski definition) is 6. The molecule has 152 valence electrons. The Kier molecular flexibility index (Phi) is 5.55. The smallest absolute Gasteiger partial charge is 0.289 e. The number of carbonyl (C=O) groups excluding carboxylic acids is 1. The molecule has 2 aromatic carbocycles. The number of rotatable bonds is 5. The predicted octanol–water partition coefficient (Wildman–Crippen LogP) is 3.80. The second-order valence-corrected chi connectivity index (χ2v) is 7.41. The fourth-order valence-corrected chi connectivity index (χ4v) is 3.96. The van der Waals surface area contributed by atoms with Crippen LogP contribution in [-0.4, -0.2) is 42.0 Å². The van der Waals surface area contributed by atoms with E-state index in [0.717, 1.165) is 36.4 Å². The second-order valence-electron chi connectivity index (χ2n) is 7.00. The van der Waals surface area contributed by atoms with Gasteiger partial charge in [0, 0.05) is 17.8 Å². The van der Waals surface area contributed by atoms with Crippen LogP contribution in [-0.2, 0) is 4.79 Å². The van der Waals surface area contributed by atoms with Gasteiger partial charge in [0.25, 0.3) is 5.69 Å². The van der Waals surface area contributed by atoms with Gasteiger partial charge in [0.15, 0.2) is 11.5 Å². The lowest BCUT2D eigenvalue weighted by atomic mass is 10.0. The molecular weight excluding hydrogens is 398 g/mol. The van der Waals surface area contributed by atoms with Crippen LogP contribution in [0.25, 0.3) is 0 Å². The van der Waals surface area contributed by atoms with Gasteiger partial charge in [-0.05, 0) is 49.2 Å². The Balaban J connectivity index is 1.44. The van der Waals surface area contributed by atoms with Crippen LogP contribution >= 0.6 is 11.6 Å². The Bertz CT molecular complexity index is 952. The summed E-state index contributed by atoms with van der Waals surface area (Å²) >= 11 is 5.82. The maximum absolute atomic E-state index is 12.5. The number of nitro groups is 1. The summed E-state index contributed by atoms with van der Waals surface area (Å²) in [6.45, 7) is 2.06. The molecule has 1 unspecified atom stereocenters. The summed E-state index contributed by atoms with van der Waals surface area (Å²) in [5.41, 5.74) is 1.20. The summed E-state index contributed by atoms with van der Waals surface area (Å²) in [5.74, 6) is 1.25. The number of likely N-dealkylation sites (tertiary alicyclic amines) is 1. The van der Waals surface area contributed by atoms with Crippen LogP contribution in [0.4, 0.5) is 11.4 Å². The van der Waals surface area contributed by atoms with E-state index >= 15 is 0 Å². The molecule has 0 aliphatic carbocycles. The van der Waals surface area contributed by atoms with Crippen molar-refractivity contribution in [2.24, 2.45) is 0 Å². The molecule has 2 heterocycles. The first-order chi connectivity index (χ1) is 14.0. The number of hydrogen-bond donors (Lipinski definition) is 1. The van der Waals surface area contributed by atoms with Crippen molar-refractivity contribution in [2.75, 3.05) is 31.6 Å². The van der Waals surface area contributed by atoms with Gasteiger partial charge in [-0.1, -0.05) is 17.7 Å². The minimum absolute atomic E-state index is 0.0335. The van der Waals surface area contributed by atoms with E-state index in [1.807, 2.05) is 18.2 Å². The van der Waals surface area contributed by atoms with Crippen molar-refractivity contribution in [1.82, 2.24) is 4.90 Å². The van der Waals surface area contributed by atoms with Gasteiger partial charge >= 0.3 is 0 Å². The molecule has 0 bridgehead atoms. The molecule has 0 spiro atoms. The average Bonchev–Trinajstić information content (AvgIpc) is 3.16. The molecule has 0 aromatic heterocycles. The SMILES string of the molecule is O=C(CN1CCCC1c1ccc2c(c1)OCCO2)Nc1ccc(Cl)c([N+](=O)[O-])c1.